The van der Waals surface area contributed by atoms with E-state index in [1.165, 1.54) is 12.8 Å². The topological polar surface area (TPSA) is 56.0 Å². The van der Waals surface area contributed by atoms with Crippen molar-refractivity contribution in [1.82, 2.24) is 4.98 Å². The molecule has 0 aromatic carbocycles. The summed E-state index contributed by atoms with van der Waals surface area (Å²) >= 11 is 1.58. The number of nitrogens with two attached hydrogens (primary N) is 1. The van der Waals surface area contributed by atoms with Crippen LogP contribution in [0, 0.1) is 0 Å². The lowest BCUT2D eigenvalue weighted by molar-refractivity contribution is 0.0996. The minimum absolute atomic E-state index is 0.0295. The molecule has 0 atom stereocenters. The maximum atomic E-state index is 11.2. The molecule has 0 unspecified atom stereocenters. The summed E-state index contributed by atoms with van der Waals surface area (Å²) in [4.78, 5) is 16.4. The van der Waals surface area contributed by atoms with Gasteiger partial charge >= 0.3 is 0 Å². The first-order valence-corrected chi connectivity index (χ1v) is 4.87. The Morgan fingerprint density at radius 3 is 3.08 bits per heavy atom. The van der Waals surface area contributed by atoms with Crippen molar-refractivity contribution in [2.45, 2.75) is 18.8 Å². The molecule has 1 aromatic rings. The van der Waals surface area contributed by atoms with E-state index in [1.807, 2.05) is 0 Å². The fourth-order valence-electron chi connectivity index (χ4n) is 1.20. The van der Waals surface area contributed by atoms with E-state index in [2.05, 4.69) is 4.98 Å². The highest BCUT2D eigenvalue weighted by atomic mass is 32.1. The summed E-state index contributed by atoms with van der Waals surface area (Å²) in [5, 5.41) is 0. The van der Waals surface area contributed by atoms with E-state index in [0.29, 0.717) is 11.6 Å². The smallest absolute Gasteiger partial charge is 0.195 e. The second kappa shape index (κ2) is 2.95. The Hall–Kier alpha value is -0.740. The van der Waals surface area contributed by atoms with Crippen LogP contribution in [-0.2, 0) is 0 Å². The summed E-state index contributed by atoms with van der Waals surface area (Å²) in [6.07, 6.45) is 2.40. The summed E-state index contributed by atoms with van der Waals surface area (Å²) in [6, 6.07) is 0. The van der Waals surface area contributed by atoms with Crippen molar-refractivity contribution in [1.29, 1.82) is 0 Å². The molecule has 12 heavy (non-hydrogen) atoms. The van der Waals surface area contributed by atoms with E-state index < -0.39 is 0 Å². The number of aromatic nitrogens is 1. The normalized spacial score (nSPS) is 16.4. The van der Waals surface area contributed by atoms with Crippen molar-refractivity contribution in [2.24, 2.45) is 5.73 Å². The Morgan fingerprint density at radius 2 is 2.50 bits per heavy atom. The van der Waals surface area contributed by atoms with Crippen molar-refractivity contribution in [3.05, 3.63) is 16.1 Å². The zero-order valence-electron chi connectivity index (χ0n) is 6.62. The molecule has 4 heteroatoms. The predicted octanol–water partition coefficient (Wildman–Crippen LogP) is 1.16. The summed E-state index contributed by atoms with van der Waals surface area (Å²) in [7, 11) is 0. The van der Waals surface area contributed by atoms with Crippen molar-refractivity contribution < 1.29 is 4.79 Å². The number of nitrogens with zero attached hydrogens (tertiary/aromatic N) is 1. The van der Waals surface area contributed by atoms with Gasteiger partial charge in [-0.3, -0.25) is 4.79 Å². The Balaban J connectivity index is 2.29. The van der Waals surface area contributed by atoms with Crippen LogP contribution in [0.25, 0.3) is 0 Å². The average molecular weight is 182 g/mol. The molecule has 0 amide bonds. The van der Waals surface area contributed by atoms with Gasteiger partial charge in [0, 0.05) is 4.88 Å². The van der Waals surface area contributed by atoms with Gasteiger partial charge in [-0.25, -0.2) is 4.98 Å². The van der Waals surface area contributed by atoms with Gasteiger partial charge in [-0.2, -0.15) is 0 Å². The largest absolute Gasteiger partial charge is 0.324 e. The number of carbonyl (C=O) groups excluding carboxylic acids is 1. The Bertz CT molecular complexity index is 304. The molecule has 0 radical (unpaired) electrons. The van der Waals surface area contributed by atoms with Gasteiger partial charge in [-0.05, 0) is 18.8 Å². The van der Waals surface area contributed by atoms with Gasteiger partial charge in [-0.1, -0.05) is 0 Å². The fourth-order valence-corrected chi connectivity index (χ4v) is 2.17. The van der Waals surface area contributed by atoms with Crippen molar-refractivity contribution in [3.8, 4) is 0 Å². The molecule has 0 saturated heterocycles. The lowest BCUT2D eigenvalue weighted by Gasteiger charge is -1.95. The minimum Gasteiger partial charge on any atom is -0.324 e. The molecule has 1 aliphatic carbocycles. The molecule has 1 fully saturated rings. The van der Waals surface area contributed by atoms with Crippen LogP contribution >= 0.6 is 11.3 Å². The second-order valence-corrected chi connectivity index (χ2v) is 3.85. The molecule has 0 aliphatic heterocycles. The number of Topliss-reactive ketones (excluding diaryl/α,β-unsaturated/α-hetero) is 1. The second-order valence-electron chi connectivity index (χ2n) is 2.97. The number of hydrogen-bond acceptors (Lipinski definition) is 4. The maximum Gasteiger partial charge on any atom is 0.195 e. The number of carbonyl (C=O) groups is 1. The first-order valence-electron chi connectivity index (χ1n) is 3.99. The molecule has 1 heterocycles. The van der Waals surface area contributed by atoms with E-state index in [4.69, 9.17) is 5.73 Å². The maximum absolute atomic E-state index is 11.2. The summed E-state index contributed by atoms with van der Waals surface area (Å²) < 4.78 is 0. The molecule has 64 valence electrons. The molecular formula is C8H10N2OS. The molecule has 2 rings (SSSR count). The minimum atomic E-state index is -0.0295. The molecular weight excluding hydrogens is 172 g/mol. The third kappa shape index (κ3) is 1.28. The van der Waals surface area contributed by atoms with E-state index >= 15 is 0 Å². The van der Waals surface area contributed by atoms with Crippen LogP contribution in [0.1, 0.15) is 34.1 Å². The van der Waals surface area contributed by atoms with Gasteiger partial charge in [0.25, 0.3) is 0 Å². The van der Waals surface area contributed by atoms with Gasteiger partial charge in [0.15, 0.2) is 5.78 Å². The number of rotatable bonds is 3. The Morgan fingerprint density at radius 1 is 1.75 bits per heavy atom. The predicted molar refractivity (Wildman–Crippen MR) is 47.5 cm³/mol. The van der Waals surface area contributed by atoms with Gasteiger partial charge in [0.1, 0.15) is 5.69 Å². The summed E-state index contributed by atoms with van der Waals surface area (Å²) in [6.45, 7) is 0.0729. The summed E-state index contributed by atoms with van der Waals surface area (Å²) in [5.41, 5.74) is 7.62. The number of thiazole rings is 1. The monoisotopic (exact) mass is 182 g/mol. The van der Waals surface area contributed by atoms with Gasteiger partial charge < -0.3 is 5.73 Å². The zero-order valence-corrected chi connectivity index (χ0v) is 7.43. The third-order valence-electron chi connectivity index (χ3n) is 1.99. The number of ketones is 1. The van der Waals surface area contributed by atoms with Crippen LogP contribution in [-0.4, -0.2) is 17.3 Å². The first kappa shape index (κ1) is 7.89. The van der Waals surface area contributed by atoms with Crippen molar-refractivity contribution in [3.63, 3.8) is 0 Å². The molecule has 1 saturated carbocycles. The quantitative estimate of drug-likeness (QED) is 0.714. The molecule has 2 N–H and O–H groups in total. The summed E-state index contributed by atoms with van der Waals surface area (Å²) in [5.74, 6) is 0.571. The molecule has 0 bridgehead atoms. The molecule has 3 nitrogen and oxygen atoms in total. The van der Waals surface area contributed by atoms with E-state index in [-0.39, 0.29) is 12.3 Å². The molecule has 1 aliphatic rings. The van der Waals surface area contributed by atoms with Gasteiger partial charge in [0.2, 0.25) is 0 Å². The van der Waals surface area contributed by atoms with Crippen LogP contribution in [0.4, 0.5) is 0 Å². The molecule has 1 aromatic heterocycles. The zero-order chi connectivity index (χ0) is 8.55. The van der Waals surface area contributed by atoms with E-state index in [0.717, 1.165) is 4.88 Å². The lowest BCUT2D eigenvalue weighted by atomic mass is 10.2. The SMILES string of the molecule is NCC(=O)c1ncsc1C1CC1. The van der Waals surface area contributed by atoms with Crippen molar-refractivity contribution in [2.75, 3.05) is 6.54 Å². The third-order valence-corrected chi connectivity index (χ3v) is 2.98. The lowest BCUT2D eigenvalue weighted by Crippen LogP contribution is -2.15. The first-order chi connectivity index (χ1) is 5.83. The van der Waals surface area contributed by atoms with Crippen LogP contribution < -0.4 is 5.73 Å². The van der Waals surface area contributed by atoms with E-state index in [9.17, 15) is 4.79 Å². The van der Waals surface area contributed by atoms with Gasteiger partial charge in [-0.15, -0.1) is 11.3 Å². The van der Waals surface area contributed by atoms with Crippen molar-refractivity contribution >= 4 is 17.1 Å². The van der Waals surface area contributed by atoms with Crippen LogP contribution in [0.15, 0.2) is 5.51 Å². The Kier molecular flexibility index (Phi) is 1.94. The number of hydrogen-bond donors (Lipinski definition) is 1. The van der Waals surface area contributed by atoms with E-state index in [1.54, 1.807) is 16.8 Å². The van der Waals surface area contributed by atoms with Crippen LogP contribution in [0.5, 0.6) is 0 Å². The highest BCUT2D eigenvalue weighted by Crippen LogP contribution is 2.43. The Labute approximate surface area is 74.6 Å². The van der Waals surface area contributed by atoms with Crippen LogP contribution in [0.3, 0.4) is 0 Å². The molecule has 0 spiro atoms. The van der Waals surface area contributed by atoms with Gasteiger partial charge in [0.05, 0.1) is 12.1 Å². The standard InChI is InChI=1S/C8H10N2OS/c9-3-6(11)7-8(5-1-2-5)12-4-10-7/h4-5H,1-3,9H2. The average Bonchev–Trinajstić information content (AvgIpc) is 2.83. The van der Waals surface area contributed by atoms with Crippen LogP contribution in [0.2, 0.25) is 0 Å². The highest BCUT2D eigenvalue weighted by Gasteiger charge is 2.29. The highest BCUT2D eigenvalue weighted by molar-refractivity contribution is 7.10. The fraction of sp³-hybridized carbons (Fsp3) is 0.500.